The molecule has 1 aliphatic heterocycles. The maximum atomic E-state index is 11.7. The number of carbonyl (C=O) groups is 2. The van der Waals surface area contributed by atoms with Gasteiger partial charge in [0.25, 0.3) is 0 Å². The molecule has 1 atom stereocenters. The molecule has 0 radical (unpaired) electrons. The molecule has 1 unspecified atom stereocenters. The molecule has 5 nitrogen and oxygen atoms in total. The number of hydrogen-bond donors (Lipinski definition) is 1. The smallest absolute Gasteiger partial charge is 0.323 e. The molecule has 1 amide bonds. The summed E-state index contributed by atoms with van der Waals surface area (Å²) in [6.45, 7) is 2.80. The Bertz CT molecular complexity index is 248. The van der Waals surface area contributed by atoms with Crippen LogP contribution in [-0.4, -0.2) is 47.7 Å². The van der Waals surface area contributed by atoms with Gasteiger partial charge in [-0.2, -0.15) is 0 Å². The molecule has 0 bridgehead atoms. The highest BCUT2D eigenvalue weighted by molar-refractivity contribution is 5.81. The van der Waals surface area contributed by atoms with Crippen molar-refractivity contribution in [3.63, 3.8) is 0 Å². The summed E-state index contributed by atoms with van der Waals surface area (Å²) < 4.78 is 5.41. The average Bonchev–Trinajstić information content (AvgIpc) is 2.75. The first-order chi connectivity index (χ1) is 7.63. The van der Waals surface area contributed by atoms with Crippen molar-refractivity contribution in [1.29, 1.82) is 0 Å². The summed E-state index contributed by atoms with van der Waals surface area (Å²) in [5.74, 6) is -1.06. The van der Waals surface area contributed by atoms with Gasteiger partial charge in [-0.3, -0.25) is 9.59 Å². The van der Waals surface area contributed by atoms with Crippen molar-refractivity contribution >= 4 is 11.9 Å². The normalized spacial score (nSPS) is 19.7. The minimum atomic E-state index is -0.965. The Morgan fingerprint density at radius 1 is 1.50 bits per heavy atom. The van der Waals surface area contributed by atoms with Gasteiger partial charge in [0.1, 0.15) is 6.54 Å². The third-order valence-electron chi connectivity index (χ3n) is 2.76. The summed E-state index contributed by atoms with van der Waals surface area (Å²) in [6, 6.07) is 0. The van der Waals surface area contributed by atoms with E-state index in [2.05, 4.69) is 0 Å². The molecule has 0 aromatic rings. The van der Waals surface area contributed by atoms with E-state index in [1.807, 2.05) is 0 Å². The summed E-state index contributed by atoms with van der Waals surface area (Å²) in [4.78, 5) is 23.5. The summed E-state index contributed by atoms with van der Waals surface area (Å²) in [5, 5.41) is 8.63. The van der Waals surface area contributed by atoms with Gasteiger partial charge in [0.15, 0.2) is 0 Å². The standard InChI is InChI=1S/C11H19NO4/c1-2-12(8-11(14)15)10(13)6-5-9-4-3-7-16-9/h9H,2-8H2,1H3,(H,14,15). The van der Waals surface area contributed by atoms with Gasteiger partial charge in [0.05, 0.1) is 6.10 Å². The molecular weight excluding hydrogens is 210 g/mol. The topological polar surface area (TPSA) is 66.8 Å². The number of rotatable bonds is 6. The number of hydrogen-bond acceptors (Lipinski definition) is 3. The molecule has 0 aliphatic carbocycles. The highest BCUT2D eigenvalue weighted by atomic mass is 16.5. The maximum Gasteiger partial charge on any atom is 0.323 e. The third kappa shape index (κ3) is 4.18. The molecule has 1 saturated heterocycles. The highest BCUT2D eigenvalue weighted by Crippen LogP contribution is 2.17. The van der Waals surface area contributed by atoms with Crippen LogP contribution < -0.4 is 0 Å². The van der Waals surface area contributed by atoms with E-state index < -0.39 is 5.97 Å². The number of ether oxygens (including phenoxy) is 1. The molecule has 1 aliphatic rings. The number of carboxylic acids is 1. The lowest BCUT2D eigenvalue weighted by Gasteiger charge is -2.19. The monoisotopic (exact) mass is 229 g/mol. The van der Waals surface area contributed by atoms with Crippen LogP contribution in [0.4, 0.5) is 0 Å². The van der Waals surface area contributed by atoms with Crippen molar-refractivity contribution in [1.82, 2.24) is 4.90 Å². The highest BCUT2D eigenvalue weighted by Gasteiger charge is 2.19. The fourth-order valence-electron chi connectivity index (χ4n) is 1.85. The molecule has 1 rings (SSSR count). The van der Waals surface area contributed by atoms with E-state index in [1.165, 1.54) is 4.90 Å². The van der Waals surface area contributed by atoms with Crippen molar-refractivity contribution in [2.24, 2.45) is 0 Å². The SMILES string of the molecule is CCN(CC(=O)O)C(=O)CCC1CCCO1. The van der Waals surface area contributed by atoms with Crippen LogP contribution in [0.15, 0.2) is 0 Å². The van der Waals surface area contributed by atoms with Crippen molar-refractivity contribution in [3.8, 4) is 0 Å². The Morgan fingerprint density at radius 2 is 2.25 bits per heavy atom. The van der Waals surface area contributed by atoms with Crippen molar-refractivity contribution in [2.45, 2.75) is 38.7 Å². The first-order valence-corrected chi connectivity index (χ1v) is 5.74. The zero-order chi connectivity index (χ0) is 12.0. The van der Waals surface area contributed by atoms with Gasteiger partial charge in [0.2, 0.25) is 5.91 Å². The molecule has 0 aromatic carbocycles. The molecule has 1 fully saturated rings. The third-order valence-corrected chi connectivity index (χ3v) is 2.76. The molecule has 0 spiro atoms. The van der Waals surface area contributed by atoms with Gasteiger partial charge < -0.3 is 14.7 Å². The minimum absolute atomic E-state index is 0.0969. The Labute approximate surface area is 95.4 Å². The van der Waals surface area contributed by atoms with Crippen LogP contribution in [0.1, 0.15) is 32.6 Å². The predicted molar refractivity (Wildman–Crippen MR) is 58.1 cm³/mol. The lowest BCUT2D eigenvalue weighted by molar-refractivity contribution is -0.144. The Kier molecular flexibility index (Phi) is 5.25. The fourth-order valence-corrected chi connectivity index (χ4v) is 1.85. The minimum Gasteiger partial charge on any atom is -0.480 e. The molecule has 0 aromatic heterocycles. The van der Waals surface area contributed by atoms with Gasteiger partial charge >= 0.3 is 5.97 Å². The largest absolute Gasteiger partial charge is 0.480 e. The number of nitrogens with zero attached hydrogens (tertiary/aromatic N) is 1. The van der Waals surface area contributed by atoms with Crippen molar-refractivity contribution in [3.05, 3.63) is 0 Å². The summed E-state index contributed by atoms with van der Waals surface area (Å²) in [7, 11) is 0. The average molecular weight is 229 g/mol. The predicted octanol–water partition coefficient (Wildman–Crippen LogP) is 0.879. The molecule has 0 saturated carbocycles. The summed E-state index contributed by atoms with van der Waals surface area (Å²) in [5.41, 5.74) is 0. The second-order valence-corrected chi connectivity index (χ2v) is 3.98. The van der Waals surface area contributed by atoms with Crippen LogP contribution in [0.3, 0.4) is 0 Å². The van der Waals surface area contributed by atoms with Crippen LogP contribution in [-0.2, 0) is 14.3 Å². The van der Waals surface area contributed by atoms with Crippen LogP contribution in [0.2, 0.25) is 0 Å². The van der Waals surface area contributed by atoms with Crippen molar-refractivity contribution in [2.75, 3.05) is 19.7 Å². The number of carbonyl (C=O) groups excluding carboxylic acids is 1. The van der Waals surface area contributed by atoms with E-state index in [0.29, 0.717) is 19.4 Å². The molecule has 16 heavy (non-hydrogen) atoms. The zero-order valence-electron chi connectivity index (χ0n) is 9.65. The first-order valence-electron chi connectivity index (χ1n) is 5.74. The second kappa shape index (κ2) is 6.48. The van der Waals surface area contributed by atoms with E-state index in [0.717, 1.165) is 19.4 Å². The lowest BCUT2D eigenvalue weighted by Crippen LogP contribution is -2.35. The van der Waals surface area contributed by atoms with Crippen LogP contribution in [0, 0.1) is 0 Å². The molecule has 1 N–H and O–H groups in total. The Morgan fingerprint density at radius 3 is 2.75 bits per heavy atom. The molecular formula is C11H19NO4. The molecule has 5 heteroatoms. The van der Waals surface area contributed by atoms with Crippen molar-refractivity contribution < 1.29 is 19.4 Å². The number of likely N-dealkylation sites (N-methyl/N-ethyl adjacent to an activating group) is 1. The quantitative estimate of drug-likeness (QED) is 0.734. The van der Waals surface area contributed by atoms with E-state index in [1.54, 1.807) is 6.92 Å². The Balaban J connectivity index is 2.28. The van der Waals surface area contributed by atoms with Crippen LogP contribution in [0.25, 0.3) is 0 Å². The summed E-state index contributed by atoms with van der Waals surface area (Å²) >= 11 is 0. The molecule has 1 heterocycles. The van der Waals surface area contributed by atoms with Gasteiger partial charge in [-0.25, -0.2) is 0 Å². The number of aliphatic carboxylic acids is 1. The van der Waals surface area contributed by atoms with E-state index in [4.69, 9.17) is 9.84 Å². The van der Waals surface area contributed by atoms with Crippen LogP contribution >= 0.6 is 0 Å². The Hall–Kier alpha value is -1.10. The maximum absolute atomic E-state index is 11.7. The molecule has 92 valence electrons. The van der Waals surface area contributed by atoms with Gasteiger partial charge in [0, 0.05) is 19.6 Å². The van der Waals surface area contributed by atoms with Crippen LogP contribution in [0.5, 0.6) is 0 Å². The summed E-state index contributed by atoms with van der Waals surface area (Å²) in [6.07, 6.45) is 3.34. The fraction of sp³-hybridized carbons (Fsp3) is 0.818. The van der Waals surface area contributed by atoms with E-state index in [-0.39, 0.29) is 18.6 Å². The number of amides is 1. The van der Waals surface area contributed by atoms with Gasteiger partial charge in [-0.15, -0.1) is 0 Å². The second-order valence-electron chi connectivity index (χ2n) is 3.98. The zero-order valence-corrected chi connectivity index (χ0v) is 9.65. The van der Waals surface area contributed by atoms with E-state index in [9.17, 15) is 9.59 Å². The van der Waals surface area contributed by atoms with E-state index >= 15 is 0 Å². The first kappa shape index (κ1) is 13.0. The van der Waals surface area contributed by atoms with Gasteiger partial charge in [-0.1, -0.05) is 0 Å². The lowest BCUT2D eigenvalue weighted by atomic mass is 10.1. The number of carboxylic acid groups (broad SMARTS) is 1. The van der Waals surface area contributed by atoms with Gasteiger partial charge in [-0.05, 0) is 26.2 Å².